The topological polar surface area (TPSA) is 47.9 Å². The van der Waals surface area contributed by atoms with Crippen LogP contribution in [0.2, 0.25) is 0 Å². The van der Waals surface area contributed by atoms with Crippen LogP contribution < -0.4 is 9.47 Å². The average molecular weight is 212 g/mol. The Kier molecular flexibility index (Phi) is 4.39. The molecule has 1 N–H and O–H groups in total. The van der Waals surface area contributed by atoms with Gasteiger partial charge in [-0.3, -0.25) is 0 Å². The Balaban J connectivity index is 2.94. The summed E-state index contributed by atoms with van der Waals surface area (Å²) in [6.45, 7) is 1.83. The third kappa shape index (κ3) is 3.11. The third-order valence-electron chi connectivity index (χ3n) is 2.00. The number of ether oxygens (including phenoxy) is 3. The Bertz CT molecular complexity index is 309. The molecule has 0 aliphatic heterocycles. The van der Waals surface area contributed by atoms with E-state index in [1.54, 1.807) is 39.3 Å². The van der Waals surface area contributed by atoms with E-state index >= 15 is 0 Å². The summed E-state index contributed by atoms with van der Waals surface area (Å²) in [4.78, 5) is 0. The molecule has 4 heteroatoms. The molecule has 0 heterocycles. The zero-order valence-corrected chi connectivity index (χ0v) is 9.19. The molecule has 1 aromatic rings. The summed E-state index contributed by atoms with van der Waals surface area (Å²) in [6, 6.07) is 5.28. The fraction of sp³-hybridized carbons (Fsp3) is 0.455. The van der Waals surface area contributed by atoms with Gasteiger partial charge in [-0.2, -0.15) is 0 Å². The minimum atomic E-state index is -0.581. The smallest absolute Gasteiger partial charge is 0.188 e. The van der Waals surface area contributed by atoms with Crippen molar-refractivity contribution in [3.8, 4) is 11.5 Å². The molecule has 1 rings (SSSR count). The highest BCUT2D eigenvalue weighted by molar-refractivity contribution is 5.41. The number of aliphatic hydroxyl groups excluding tert-OH is 1. The number of hydrogen-bond donors (Lipinski definition) is 1. The fourth-order valence-electron chi connectivity index (χ4n) is 1.23. The van der Waals surface area contributed by atoms with Crippen molar-refractivity contribution < 1.29 is 19.3 Å². The lowest BCUT2D eigenvalue weighted by Crippen LogP contribution is -2.03. The lowest BCUT2D eigenvalue weighted by molar-refractivity contribution is 0.0482. The first-order valence-electron chi connectivity index (χ1n) is 4.66. The monoisotopic (exact) mass is 212 g/mol. The SMILES string of the molecule is COCOc1cc(OC)ccc1C(C)O. The lowest BCUT2D eigenvalue weighted by atomic mass is 10.1. The number of methoxy groups -OCH3 is 2. The van der Waals surface area contributed by atoms with Crippen molar-refractivity contribution in [2.24, 2.45) is 0 Å². The van der Waals surface area contributed by atoms with Crippen molar-refractivity contribution >= 4 is 0 Å². The van der Waals surface area contributed by atoms with E-state index in [0.29, 0.717) is 17.1 Å². The van der Waals surface area contributed by atoms with Crippen LogP contribution in [0.3, 0.4) is 0 Å². The summed E-state index contributed by atoms with van der Waals surface area (Å²) < 4.78 is 15.2. The number of rotatable bonds is 5. The molecule has 1 atom stereocenters. The van der Waals surface area contributed by atoms with Gasteiger partial charge in [0.25, 0.3) is 0 Å². The van der Waals surface area contributed by atoms with Gasteiger partial charge >= 0.3 is 0 Å². The van der Waals surface area contributed by atoms with Gasteiger partial charge in [0.15, 0.2) is 6.79 Å². The van der Waals surface area contributed by atoms with E-state index in [1.165, 1.54) is 0 Å². The predicted octanol–water partition coefficient (Wildman–Crippen LogP) is 1.73. The molecule has 84 valence electrons. The number of aliphatic hydroxyl groups is 1. The largest absolute Gasteiger partial charge is 0.497 e. The quantitative estimate of drug-likeness (QED) is 0.755. The summed E-state index contributed by atoms with van der Waals surface area (Å²) in [6.07, 6.45) is -0.581. The van der Waals surface area contributed by atoms with Gasteiger partial charge in [0.1, 0.15) is 11.5 Å². The van der Waals surface area contributed by atoms with Crippen molar-refractivity contribution in [2.75, 3.05) is 21.0 Å². The Morgan fingerprint density at radius 2 is 2.07 bits per heavy atom. The van der Waals surface area contributed by atoms with Crippen LogP contribution in [0.5, 0.6) is 11.5 Å². The van der Waals surface area contributed by atoms with Crippen molar-refractivity contribution in [1.82, 2.24) is 0 Å². The van der Waals surface area contributed by atoms with Crippen LogP contribution in [-0.2, 0) is 4.74 Å². The Morgan fingerprint density at radius 1 is 1.33 bits per heavy atom. The van der Waals surface area contributed by atoms with Gasteiger partial charge in [-0.05, 0) is 19.1 Å². The maximum atomic E-state index is 9.51. The van der Waals surface area contributed by atoms with Gasteiger partial charge in [0.05, 0.1) is 13.2 Å². The van der Waals surface area contributed by atoms with Crippen LogP contribution in [0.4, 0.5) is 0 Å². The molecule has 4 nitrogen and oxygen atoms in total. The standard InChI is InChI=1S/C11H16O4/c1-8(12)10-5-4-9(14-3)6-11(10)15-7-13-2/h4-6,8,12H,7H2,1-3H3. The minimum absolute atomic E-state index is 0.146. The first kappa shape index (κ1) is 11.8. The van der Waals surface area contributed by atoms with Crippen molar-refractivity contribution in [3.05, 3.63) is 23.8 Å². The summed E-state index contributed by atoms with van der Waals surface area (Å²) in [5, 5.41) is 9.51. The van der Waals surface area contributed by atoms with Gasteiger partial charge in [0, 0.05) is 18.7 Å². The highest BCUT2D eigenvalue weighted by atomic mass is 16.7. The molecule has 1 aromatic carbocycles. The van der Waals surface area contributed by atoms with E-state index in [2.05, 4.69) is 0 Å². The highest BCUT2D eigenvalue weighted by Crippen LogP contribution is 2.29. The molecule has 15 heavy (non-hydrogen) atoms. The van der Waals surface area contributed by atoms with E-state index in [-0.39, 0.29) is 6.79 Å². The van der Waals surface area contributed by atoms with Gasteiger partial charge in [-0.25, -0.2) is 0 Å². The molecule has 0 bridgehead atoms. The summed E-state index contributed by atoms with van der Waals surface area (Å²) in [5.74, 6) is 1.26. The van der Waals surface area contributed by atoms with Crippen molar-refractivity contribution in [3.63, 3.8) is 0 Å². The number of hydrogen-bond acceptors (Lipinski definition) is 4. The first-order chi connectivity index (χ1) is 7.19. The summed E-state index contributed by atoms with van der Waals surface area (Å²) in [7, 11) is 3.12. The lowest BCUT2D eigenvalue weighted by Gasteiger charge is -2.13. The first-order valence-corrected chi connectivity index (χ1v) is 4.66. The van der Waals surface area contributed by atoms with Gasteiger partial charge < -0.3 is 19.3 Å². The molecule has 0 amide bonds. The van der Waals surface area contributed by atoms with Crippen molar-refractivity contribution in [1.29, 1.82) is 0 Å². The second-order valence-corrected chi connectivity index (χ2v) is 3.13. The summed E-state index contributed by atoms with van der Waals surface area (Å²) >= 11 is 0. The zero-order chi connectivity index (χ0) is 11.3. The van der Waals surface area contributed by atoms with Crippen LogP contribution in [0, 0.1) is 0 Å². The number of benzene rings is 1. The molecule has 0 aliphatic carbocycles. The van der Waals surface area contributed by atoms with Gasteiger partial charge in [-0.15, -0.1) is 0 Å². The molecular weight excluding hydrogens is 196 g/mol. The Morgan fingerprint density at radius 3 is 2.60 bits per heavy atom. The van der Waals surface area contributed by atoms with E-state index in [4.69, 9.17) is 14.2 Å². The molecule has 1 unspecified atom stereocenters. The van der Waals surface area contributed by atoms with Crippen LogP contribution >= 0.6 is 0 Å². The van der Waals surface area contributed by atoms with E-state index in [0.717, 1.165) is 0 Å². The minimum Gasteiger partial charge on any atom is -0.497 e. The normalized spacial score (nSPS) is 12.3. The second kappa shape index (κ2) is 5.58. The second-order valence-electron chi connectivity index (χ2n) is 3.13. The Hall–Kier alpha value is -1.26. The molecule has 0 aliphatic rings. The maximum Gasteiger partial charge on any atom is 0.188 e. The summed E-state index contributed by atoms with van der Waals surface area (Å²) in [5.41, 5.74) is 0.716. The van der Waals surface area contributed by atoms with Crippen LogP contribution in [0.25, 0.3) is 0 Å². The van der Waals surface area contributed by atoms with Gasteiger partial charge in [0.2, 0.25) is 0 Å². The third-order valence-corrected chi connectivity index (χ3v) is 2.00. The van der Waals surface area contributed by atoms with Crippen LogP contribution in [-0.4, -0.2) is 26.1 Å². The van der Waals surface area contributed by atoms with Gasteiger partial charge in [-0.1, -0.05) is 0 Å². The molecule has 0 saturated heterocycles. The molecular formula is C11H16O4. The molecule has 0 saturated carbocycles. The zero-order valence-electron chi connectivity index (χ0n) is 9.19. The molecule has 0 radical (unpaired) electrons. The highest BCUT2D eigenvalue weighted by Gasteiger charge is 2.10. The molecule has 0 fully saturated rings. The fourth-order valence-corrected chi connectivity index (χ4v) is 1.23. The van der Waals surface area contributed by atoms with Crippen LogP contribution in [0.15, 0.2) is 18.2 Å². The molecule has 0 spiro atoms. The molecule has 0 aromatic heterocycles. The van der Waals surface area contributed by atoms with E-state index in [1.807, 2.05) is 0 Å². The van der Waals surface area contributed by atoms with E-state index in [9.17, 15) is 5.11 Å². The van der Waals surface area contributed by atoms with Crippen molar-refractivity contribution in [2.45, 2.75) is 13.0 Å². The van der Waals surface area contributed by atoms with E-state index < -0.39 is 6.10 Å². The Labute approximate surface area is 89.4 Å². The maximum absolute atomic E-state index is 9.51. The predicted molar refractivity (Wildman–Crippen MR) is 56.1 cm³/mol. The van der Waals surface area contributed by atoms with Crippen LogP contribution in [0.1, 0.15) is 18.6 Å². The average Bonchev–Trinajstić information content (AvgIpc) is 2.25.